The summed E-state index contributed by atoms with van der Waals surface area (Å²) in [6.45, 7) is 11.2. The van der Waals surface area contributed by atoms with E-state index in [1.807, 2.05) is 62.4 Å². The third-order valence-corrected chi connectivity index (χ3v) is 6.23. The molecule has 3 rings (SSSR count). The predicted octanol–water partition coefficient (Wildman–Crippen LogP) is 5.05. The number of hydrogen-bond acceptors (Lipinski definition) is 2. The van der Waals surface area contributed by atoms with Crippen molar-refractivity contribution >= 4 is 11.8 Å². The minimum absolute atomic E-state index is 0.0119. The SMILES string of the molecule is Cc1ccccc1C(=O)NC[C@@]1(C)C[C@H](NC(=O)c2ccccc2C)CC(C)(C)C1. The van der Waals surface area contributed by atoms with Crippen LogP contribution in [0.1, 0.15) is 71.9 Å². The summed E-state index contributed by atoms with van der Waals surface area (Å²) >= 11 is 0. The van der Waals surface area contributed by atoms with Gasteiger partial charge in [0.25, 0.3) is 11.8 Å². The first kappa shape index (κ1) is 22.1. The Morgan fingerprint density at radius 2 is 1.40 bits per heavy atom. The second-order valence-corrected chi connectivity index (χ2v) is 10.0. The molecular weight excluding hydrogens is 372 g/mol. The summed E-state index contributed by atoms with van der Waals surface area (Å²) in [5.41, 5.74) is 3.43. The molecule has 2 aromatic rings. The molecule has 1 fully saturated rings. The lowest BCUT2D eigenvalue weighted by Gasteiger charge is -2.47. The summed E-state index contributed by atoms with van der Waals surface area (Å²) in [4.78, 5) is 25.6. The maximum absolute atomic E-state index is 12.9. The maximum atomic E-state index is 12.9. The summed E-state index contributed by atoms with van der Waals surface area (Å²) in [6.07, 6.45) is 2.79. The molecule has 0 heterocycles. The van der Waals surface area contributed by atoms with E-state index >= 15 is 0 Å². The van der Waals surface area contributed by atoms with Gasteiger partial charge in [-0.25, -0.2) is 0 Å². The van der Waals surface area contributed by atoms with E-state index in [0.717, 1.165) is 41.5 Å². The molecule has 0 spiro atoms. The Morgan fingerprint density at radius 1 is 0.867 bits per heavy atom. The largest absolute Gasteiger partial charge is 0.351 e. The predicted molar refractivity (Wildman–Crippen MR) is 122 cm³/mol. The van der Waals surface area contributed by atoms with Crippen molar-refractivity contribution in [2.75, 3.05) is 6.54 Å². The molecule has 4 nitrogen and oxygen atoms in total. The first-order chi connectivity index (χ1) is 14.1. The standard InChI is InChI=1S/C26H34N2O2/c1-18-10-6-8-12-21(18)23(29)27-17-26(5)15-20(14-25(3,4)16-26)28-24(30)22-13-9-7-11-19(22)2/h6-13,20H,14-17H2,1-5H3,(H,27,29)(H,28,30)/t20-,26+/m1/s1. The molecule has 2 amide bonds. The molecular formula is C26H34N2O2. The van der Waals surface area contributed by atoms with Crippen LogP contribution in [0.5, 0.6) is 0 Å². The molecule has 30 heavy (non-hydrogen) atoms. The van der Waals surface area contributed by atoms with E-state index in [9.17, 15) is 9.59 Å². The highest BCUT2D eigenvalue weighted by molar-refractivity contribution is 5.96. The third kappa shape index (κ3) is 5.29. The van der Waals surface area contributed by atoms with Gasteiger partial charge in [0, 0.05) is 23.7 Å². The third-order valence-electron chi connectivity index (χ3n) is 6.23. The molecule has 0 unspecified atom stereocenters. The van der Waals surface area contributed by atoms with Crippen LogP contribution in [0.3, 0.4) is 0 Å². The molecule has 0 saturated heterocycles. The fraction of sp³-hybridized carbons (Fsp3) is 0.462. The van der Waals surface area contributed by atoms with Crippen molar-refractivity contribution in [2.24, 2.45) is 10.8 Å². The van der Waals surface area contributed by atoms with Crippen molar-refractivity contribution in [2.45, 2.75) is 59.9 Å². The summed E-state index contributed by atoms with van der Waals surface area (Å²) in [5, 5.41) is 6.41. The summed E-state index contributed by atoms with van der Waals surface area (Å²) in [6, 6.07) is 15.4. The molecule has 1 aliphatic carbocycles. The molecule has 2 N–H and O–H groups in total. The van der Waals surface area contributed by atoms with Crippen LogP contribution < -0.4 is 10.6 Å². The zero-order valence-corrected chi connectivity index (χ0v) is 18.8. The zero-order valence-electron chi connectivity index (χ0n) is 18.8. The molecule has 160 valence electrons. The van der Waals surface area contributed by atoms with Gasteiger partial charge in [0.1, 0.15) is 0 Å². The van der Waals surface area contributed by atoms with Gasteiger partial charge < -0.3 is 10.6 Å². The number of amides is 2. The van der Waals surface area contributed by atoms with E-state index in [2.05, 4.69) is 31.4 Å². The topological polar surface area (TPSA) is 58.2 Å². The normalized spacial score (nSPS) is 22.9. The van der Waals surface area contributed by atoms with Crippen molar-refractivity contribution in [3.63, 3.8) is 0 Å². The van der Waals surface area contributed by atoms with Crippen LogP contribution in [-0.2, 0) is 0 Å². The summed E-state index contributed by atoms with van der Waals surface area (Å²) in [5.74, 6) is -0.0414. The number of aryl methyl sites for hydroxylation is 2. The van der Waals surface area contributed by atoms with Gasteiger partial charge in [0.15, 0.2) is 0 Å². The number of benzene rings is 2. The fourth-order valence-corrected chi connectivity index (χ4v) is 5.18. The van der Waals surface area contributed by atoms with Gasteiger partial charge in [-0.2, -0.15) is 0 Å². The minimum atomic E-state index is -0.0796. The van der Waals surface area contributed by atoms with Crippen molar-refractivity contribution < 1.29 is 9.59 Å². The first-order valence-electron chi connectivity index (χ1n) is 10.8. The summed E-state index contributed by atoms with van der Waals surface area (Å²) < 4.78 is 0. The zero-order chi connectivity index (χ0) is 21.9. The molecule has 1 saturated carbocycles. The van der Waals surface area contributed by atoms with Gasteiger partial charge in [0.05, 0.1) is 0 Å². The molecule has 0 bridgehead atoms. The van der Waals surface area contributed by atoms with E-state index in [-0.39, 0.29) is 28.7 Å². The average molecular weight is 407 g/mol. The van der Waals surface area contributed by atoms with Crippen LogP contribution in [0.2, 0.25) is 0 Å². The van der Waals surface area contributed by atoms with Crippen molar-refractivity contribution in [3.05, 3.63) is 70.8 Å². The van der Waals surface area contributed by atoms with Crippen LogP contribution in [0.25, 0.3) is 0 Å². The Hall–Kier alpha value is -2.62. The quantitative estimate of drug-likeness (QED) is 0.730. The van der Waals surface area contributed by atoms with Crippen LogP contribution in [0.15, 0.2) is 48.5 Å². The van der Waals surface area contributed by atoms with E-state index in [1.54, 1.807) is 0 Å². The van der Waals surface area contributed by atoms with Gasteiger partial charge in [-0.15, -0.1) is 0 Å². The Morgan fingerprint density at radius 3 is 1.97 bits per heavy atom. The minimum Gasteiger partial charge on any atom is -0.351 e. The Balaban J connectivity index is 1.69. The Kier molecular flexibility index (Phi) is 6.35. The van der Waals surface area contributed by atoms with Gasteiger partial charge >= 0.3 is 0 Å². The van der Waals surface area contributed by atoms with E-state index in [1.165, 1.54) is 0 Å². The average Bonchev–Trinajstić information content (AvgIpc) is 2.65. The molecule has 0 aromatic heterocycles. The van der Waals surface area contributed by atoms with E-state index < -0.39 is 0 Å². The molecule has 0 radical (unpaired) electrons. The lowest BCUT2D eigenvalue weighted by atomic mass is 9.62. The van der Waals surface area contributed by atoms with Crippen LogP contribution in [0, 0.1) is 24.7 Å². The van der Waals surface area contributed by atoms with Gasteiger partial charge in [-0.3, -0.25) is 9.59 Å². The molecule has 0 aliphatic heterocycles. The maximum Gasteiger partial charge on any atom is 0.251 e. The van der Waals surface area contributed by atoms with Gasteiger partial charge in [-0.05, 0) is 67.2 Å². The number of carbonyl (C=O) groups is 2. The fourth-order valence-electron chi connectivity index (χ4n) is 5.18. The van der Waals surface area contributed by atoms with Crippen LogP contribution >= 0.6 is 0 Å². The number of rotatable bonds is 5. The highest BCUT2D eigenvalue weighted by atomic mass is 16.2. The second kappa shape index (κ2) is 8.63. The van der Waals surface area contributed by atoms with Crippen molar-refractivity contribution in [3.8, 4) is 0 Å². The van der Waals surface area contributed by atoms with E-state index in [4.69, 9.17) is 0 Å². The Labute approximate surface area is 180 Å². The van der Waals surface area contributed by atoms with Gasteiger partial charge in [0.2, 0.25) is 0 Å². The molecule has 2 atom stereocenters. The van der Waals surface area contributed by atoms with Gasteiger partial charge in [-0.1, -0.05) is 57.2 Å². The number of hydrogen-bond donors (Lipinski definition) is 2. The lowest BCUT2D eigenvalue weighted by Crippen LogP contribution is -2.50. The number of carbonyl (C=O) groups excluding carboxylic acids is 2. The monoisotopic (exact) mass is 406 g/mol. The molecule has 4 heteroatoms. The second-order valence-electron chi connectivity index (χ2n) is 10.0. The van der Waals surface area contributed by atoms with Crippen molar-refractivity contribution in [1.82, 2.24) is 10.6 Å². The first-order valence-corrected chi connectivity index (χ1v) is 10.8. The highest BCUT2D eigenvalue weighted by Gasteiger charge is 2.42. The molecule has 1 aliphatic rings. The van der Waals surface area contributed by atoms with Crippen LogP contribution in [0.4, 0.5) is 0 Å². The molecule has 2 aromatic carbocycles. The lowest BCUT2D eigenvalue weighted by molar-refractivity contribution is 0.0591. The Bertz CT molecular complexity index is 934. The number of nitrogens with one attached hydrogen (secondary N) is 2. The smallest absolute Gasteiger partial charge is 0.251 e. The summed E-state index contributed by atoms with van der Waals surface area (Å²) in [7, 11) is 0. The van der Waals surface area contributed by atoms with Crippen LogP contribution in [-0.4, -0.2) is 24.4 Å². The van der Waals surface area contributed by atoms with E-state index in [0.29, 0.717) is 6.54 Å². The van der Waals surface area contributed by atoms with Crippen molar-refractivity contribution in [1.29, 1.82) is 0 Å². The highest BCUT2D eigenvalue weighted by Crippen LogP contribution is 2.45.